The first-order chi connectivity index (χ1) is 9.19. The Morgan fingerprint density at radius 3 is 2.45 bits per heavy atom. The number of amides is 1. The summed E-state index contributed by atoms with van der Waals surface area (Å²) in [5.41, 5.74) is 6.07. The van der Waals surface area contributed by atoms with Crippen LogP contribution in [0.15, 0.2) is 0 Å². The third kappa shape index (κ3) is 5.90. The molecule has 0 saturated heterocycles. The molecule has 20 heavy (non-hydrogen) atoms. The number of carboxylic acids is 1. The zero-order valence-electron chi connectivity index (χ0n) is 12.8. The number of hydrogen-bond donors (Lipinski definition) is 3. The number of carboxylic acid groups (broad SMARTS) is 1. The van der Waals surface area contributed by atoms with Gasteiger partial charge in [-0.05, 0) is 24.7 Å². The number of carbonyl (C=O) groups excluding carboxylic acids is 1. The lowest BCUT2D eigenvalue weighted by molar-refractivity contribution is -0.144. The Hall–Kier alpha value is -1.10. The largest absolute Gasteiger partial charge is 0.481 e. The molecule has 3 unspecified atom stereocenters. The van der Waals surface area contributed by atoms with E-state index in [2.05, 4.69) is 26.1 Å². The van der Waals surface area contributed by atoms with Gasteiger partial charge in [-0.25, -0.2) is 0 Å². The molecule has 116 valence electrons. The molecule has 0 aliphatic heterocycles. The van der Waals surface area contributed by atoms with Crippen molar-refractivity contribution < 1.29 is 14.7 Å². The monoisotopic (exact) mass is 284 g/mol. The lowest BCUT2D eigenvalue weighted by Gasteiger charge is -2.30. The molecule has 0 aromatic heterocycles. The van der Waals surface area contributed by atoms with Crippen LogP contribution < -0.4 is 11.1 Å². The van der Waals surface area contributed by atoms with Crippen molar-refractivity contribution in [2.45, 2.75) is 71.4 Å². The maximum absolute atomic E-state index is 12.0. The minimum atomic E-state index is -0.811. The minimum absolute atomic E-state index is 0.0914. The summed E-state index contributed by atoms with van der Waals surface area (Å²) in [6, 6.07) is -0.419. The molecular formula is C15H28N2O3. The fourth-order valence-corrected chi connectivity index (χ4v) is 2.96. The van der Waals surface area contributed by atoms with Gasteiger partial charge in [-0.1, -0.05) is 33.6 Å². The summed E-state index contributed by atoms with van der Waals surface area (Å²) < 4.78 is 0. The van der Waals surface area contributed by atoms with Crippen LogP contribution >= 0.6 is 0 Å². The Labute approximate surface area is 121 Å². The molecular weight excluding hydrogens is 256 g/mol. The van der Waals surface area contributed by atoms with E-state index in [0.29, 0.717) is 6.42 Å². The second-order valence-corrected chi connectivity index (χ2v) is 7.13. The standard InChI is InChI=1S/C15H28N2O3/c1-15(2,3)9-10(16)8-13(18)17-12-7-5-4-6-11(12)14(19)20/h10-12H,4-9,16H2,1-3H3,(H,17,18)(H,19,20). The van der Waals surface area contributed by atoms with Crippen LogP contribution in [0, 0.1) is 11.3 Å². The van der Waals surface area contributed by atoms with Crippen LogP contribution in [0.1, 0.15) is 59.3 Å². The molecule has 0 aromatic rings. The van der Waals surface area contributed by atoms with E-state index in [1.54, 1.807) is 0 Å². The van der Waals surface area contributed by atoms with Gasteiger partial charge in [0.15, 0.2) is 0 Å². The summed E-state index contributed by atoms with van der Waals surface area (Å²) in [6.07, 6.45) is 4.33. The maximum Gasteiger partial charge on any atom is 0.308 e. The van der Waals surface area contributed by atoms with E-state index in [0.717, 1.165) is 25.7 Å². The van der Waals surface area contributed by atoms with Crippen molar-refractivity contribution in [1.82, 2.24) is 5.32 Å². The van der Waals surface area contributed by atoms with Gasteiger partial charge in [0.25, 0.3) is 0 Å². The number of nitrogens with two attached hydrogens (primary N) is 1. The van der Waals surface area contributed by atoms with Gasteiger partial charge in [0, 0.05) is 18.5 Å². The van der Waals surface area contributed by atoms with Crippen molar-refractivity contribution in [2.24, 2.45) is 17.1 Å². The van der Waals surface area contributed by atoms with Gasteiger partial charge in [0.2, 0.25) is 5.91 Å². The average molecular weight is 284 g/mol. The van der Waals surface area contributed by atoms with Gasteiger partial charge < -0.3 is 16.2 Å². The highest BCUT2D eigenvalue weighted by Crippen LogP contribution is 2.25. The Kier molecular flexibility index (Phi) is 5.99. The van der Waals surface area contributed by atoms with E-state index < -0.39 is 11.9 Å². The first kappa shape index (κ1) is 17.0. The first-order valence-corrected chi connectivity index (χ1v) is 7.47. The molecule has 0 heterocycles. The summed E-state index contributed by atoms with van der Waals surface area (Å²) in [7, 11) is 0. The summed E-state index contributed by atoms with van der Waals surface area (Å²) >= 11 is 0. The second-order valence-electron chi connectivity index (χ2n) is 7.13. The zero-order valence-corrected chi connectivity index (χ0v) is 12.8. The fraction of sp³-hybridized carbons (Fsp3) is 0.867. The number of rotatable bonds is 5. The van der Waals surface area contributed by atoms with Crippen molar-refractivity contribution >= 4 is 11.9 Å². The summed E-state index contributed by atoms with van der Waals surface area (Å²) in [6.45, 7) is 6.27. The molecule has 0 aromatic carbocycles. The summed E-state index contributed by atoms with van der Waals surface area (Å²) in [5, 5.41) is 12.0. The highest BCUT2D eigenvalue weighted by atomic mass is 16.4. The Morgan fingerprint density at radius 2 is 1.90 bits per heavy atom. The van der Waals surface area contributed by atoms with Gasteiger partial charge in [-0.3, -0.25) is 9.59 Å². The highest BCUT2D eigenvalue weighted by Gasteiger charge is 2.32. The Balaban J connectivity index is 2.46. The second kappa shape index (κ2) is 7.07. The summed E-state index contributed by atoms with van der Waals surface area (Å²) in [5.74, 6) is -1.39. The summed E-state index contributed by atoms with van der Waals surface area (Å²) in [4.78, 5) is 23.2. The van der Waals surface area contributed by atoms with Crippen LogP contribution in [0.25, 0.3) is 0 Å². The predicted octanol–water partition coefficient (Wildman–Crippen LogP) is 1.90. The van der Waals surface area contributed by atoms with E-state index in [1.807, 2.05) is 0 Å². The third-order valence-electron chi connectivity index (χ3n) is 3.75. The normalized spacial score (nSPS) is 25.0. The van der Waals surface area contributed by atoms with Crippen LogP contribution in [0.2, 0.25) is 0 Å². The molecule has 1 amide bonds. The van der Waals surface area contributed by atoms with Crippen molar-refractivity contribution in [2.75, 3.05) is 0 Å². The number of hydrogen-bond acceptors (Lipinski definition) is 3. The van der Waals surface area contributed by atoms with E-state index in [1.165, 1.54) is 0 Å². The SMILES string of the molecule is CC(C)(C)CC(N)CC(=O)NC1CCCCC1C(=O)O. The molecule has 0 spiro atoms. The van der Waals surface area contributed by atoms with Crippen LogP contribution in [0.4, 0.5) is 0 Å². The van der Waals surface area contributed by atoms with Gasteiger partial charge in [-0.2, -0.15) is 0 Å². The first-order valence-electron chi connectivity index (χ1n) is 7.47. The topological polar surface area (TPSA) is 92.4 Å². The van der Waals surface area contributed by atoms with Crippen LogP contribution in [-0.4, -0.2) is 29.1 Å². The smallest absolute Gasteiger partial charge is 0.308 e. The molecule has 1 fully saturated rings. The minimum Gasteiger partial charge on any atom is -0.481 e. The molecule has 3 atom stereocenters. The van der Waals surface area contributed by atoms with Gasteiger partial charge in [0.1, 0.15) is 0 Å². The average Bonchev–Trinajstić information content (AvgIpc) is 2.26. The van der Waals surface area contributed by atoms with Crippen LogP contribution in [0.3, 0.4) is 0 Å². The number of nitrogens with one attached hydrogen (secondary N) is 1. The zero-order chi connectivity index (χ0) is 15.3. The Bertz CT molecular complexity index is 350. The number of aliphatic carboxylic acids is 1. The highest BCUT2D eigenvalue weighted by molar-refractivity contribution is 5.78. The molecule has 0 radical (unpaired) electrons. The van der Waals surface area contributed by atoms with Crippen molar-refractivity contribution in [1.29, 1.82) is 0 Å². The van der Waals surface area contributed by atoms with Gasteiger partial charge in [-0.15, -0.1) is 0 Å². The van der Waals surface area contributed by atoms with Gasteiger partial charge in [0.05, 0.1) is 5.92 Å². The van der Waals surface area contributed by atoms with E-state index in [-0.39, 0.29) is 29.8 Å². The molecule has 1 aliphatic carbocycles. The van der Waals surface area contributed by atoms with Crippen LogP contribution in [0.5, 0.6) is 0 Å². The van der Waals surface area contributed by atoms with E-state index in [9.17, 15) is 14.7 Å². The number of carbonyl (C=O) groups is 2. The molecule has 0 bridgehead atoms. The van der Waals surface area contributed by atoms with Gasteiger partial charge >= 0.3 is 5.97 Å². The van der Waals surface area contributed by atoms with Crippen LogP contribution in [-0.2, 0) is 9.59 Å². The van der Waals surface area contributed by atoms with E-state index in [4.69, 9.17) is 5.73 Å². The molecule has 1 saturated carbocycles. The molecule has 1 rings (SSSR count). The lowest BCUT2D eigenvalue weighted by Crippen LogP contribution is -2.46. The Morgan fingerprint density at radius 1 is 1.30 bits per heavy atom. The van der Waals surface area contributed by atoms with E-state index >= 15 is 0 Å². The lowest BCUT2D eigenvalue weighted by atomic mass is 9.84. The fourth-order valence-electron chi connectivity index (χ4n) is 2.96. The molecule has 1 aliphatic rings. The van der Waals surface area contributed by atoms with Crippen molar-refractivity contribution in [3.05, 3.63) is 0 Å². The maximum atomic E-state index is 12.0. The molecule has 5 heteroatoms. The van der Waals surface area contributed by atoms with Crippen molar-refractivity contribution in [3.63, 3.8) is 0 Å². The molecule has 4 N–H and O–H groups in total. The van der Waals surface area contributed by atoms with Crippen molar-refractivity contribution in [3.8, 4) is 0 Å². The quantitative estimate of drug-likeness (QED) is 0.719. The molecule has 5 nitrogen and oxygen atoms in total. The third-order valence-corrected chi connectivity index (χ3v) is 3.75. The predicted molar refractivity (Wildman–Crippen MR) is 78.2 cm³/mol.